The molecule has 0 saturated heterocycles. The molecule has 1 aromatic carbocycles. The summed E-state index contributed by atoms with van der Waals surface area (Å²) in [5.41, 5.74) is 5.59. The summed E-state index contributed by atoms with van der Waals surface area (Å²) < 4.78 is 31.8. The van der Waals surface area contributed by atoms with Gasteiger partial charge < -0.3 is 10.5 Å². The van der Waals surface area contributed by atoms with Crippen LogP contribution in [0.4, 0.5) is 14.5 Å². The summed E-state index contributed by atoms with van der Waals surface area (Å²) in [6.07, 6.45) is 1.33. The third kappa shape index (κ3) is 1.36. The second kappa shape index (κ2) is 3.34. The molecular weight excluding hydrogens is 202 g/mol. The van der Waals surface area contributed by atoms with Crippen molar-refractivity contribution in [2.75, 3.05) is 12.8 Å². The molecule has 0 atom stereocenters. The first-order valence-electron chi connectivity index (χ1n) is 4.21. The summed E-state index contributed by atoms with van der Waals surface area (Å²) in [6.45, 7) is 0. The van der Waals surface area contributed by atoms with Gasteiger partial charge in [-0.05, 0) is 6.07 Å². The first-order valence-corrected chi connectivity index (χ1v) is 4.21. The zero-order chi connectivity index (χ0) is 11.0. The van der Waals surface area contributed by atoms with E-state index in [-0.39, 0.29) is 22.3 Å². The maximum absolute atomic E-state index is 13.7. The van der Waals surface area contributed by atoms with Crippen molar-refractivity contribution in [3.63, 3.8) is 0 Å². The molecule has 1 aromatic heterocycles. The van der Waals surface area contributed by atoms with E-state index in [1.165, 1.54) is 19.4 Å². The first-order chi connectivity index (χ1) is 7.15. The molecule has 15 heavy (non-hydrogen) atoms. The quantitative estimate of drug-likeness (QED) is 0.784. The summed E-state index contributed by atoms with van der Waals surface area (Å²) in [5, 5.41) is -0.0469. The molecule has 5 heteroatoms. The van der Waals surface area contributed by atoms with Crippen molar-refractivity contribution < 1.29 is 13.5 Å². The predicted molar refractivity (Wildman–Crippen MR) is 52.6 cm³/mol. The highest BCUT2D eigenvalue weighted by molar-refractivity contribution is 5.91. The van der Waals surface area contributed by atoms with E-state index in [1.807, 2.05) is 0 Å². The van der Waals surface area contributed by atoms with Crippen LogP contribution in [0.2, 0.25) is 0 Å². The van der Waals surface area contributed by atoms with E-state index in [0.717, 1.165) is 6.07 Å². The van der Waals surface area contributed by atoms with Crippen LogP contribution in [0.5, 0.6) is 5.75 Å². The smallest absolute Gasteiger partial charge is 0.176 e. The second-order valence-corrected chi connectivity index (χ2v) is 3.00. The van der Waals surface area contributed by atoms with E-state index in [9.17, 15) is 8.78 Å². The van der Waals surface area contributed by atoms with Crippen LogP contribution in [0.3, 0.4) is 0 Å². The monoisotopic (exact) mass is 210 g/mol. The molecule has 2 N–H and O–H groups in total. The van der Waals surface area contributed by atoms with Gasteiger partial charge in [-0.1, -0.05) is 0 Å². The standard InChI is InChI=1S/C10H8F2N2O/c1-15-7-4-5(11)10-8(9(7)12)6(13)2-3-14-10/h2-4H,1H3,(H2,13,14). The van der Waals surface area contributed by atoms with E-state index in [2.05, 4.69) is 4.98 Å². The number of nitrogens with two attached hydrogens (primary N) is 1. The Hall–Kier alpha value is -1.91. The van der Waals surface area contributed by atoms with Crippen LogP contribution in [0.15, 0.2) is 18.3 Å². The van der Waals surface area contributed by atoms with E-state index in [1.54, 1.807) is 0 Å². The molecule has 2 aromatic rings. The van der Waals surface area contributed by atoms with Gasteiger partial charge in [-0.15, -0.1) is 0 Å². The number of halogens is 2. The third-order valence-electron chi connectivity index (χ3n) is 2.12. The van der Waals surface area contributed by atoms with Gasteiger partial charge in [0.2, 0.25) is 0 Å². The Labute approximate surface area is 84.5 Å². The molecule has 0 fully saturated rings. The molecule has 0 bridgehead atoms. The molecule has 1 heterocycles. The number of anilines is 1. The SMILES string of the molecule is COc1cc(F)c2nccc(N)c2c1F. The van der Waals surface area contributed by atoms with Crippen LogP contribution < -0.4 is 10.5 Å². The number of benzene rings is 1. The van der Waals surface area contributed by atoms with E-state index >= 15 is 0 Å². The molecular formula is C10H8F2N2O. The number of hydrogen-bond acceptors (Lipinski definition) is 3. The molecule has 0 radical (unpaired) electrons. The molecule has 0 aliphatic rings. The Bertz CT molecular complexity index is 528. The summed E-state index contributed by atoms with van der Waals surface area (Å²) in [4.78, 5) is 3.73. The van der Waals surface area contributed by atoms with Crippen molar-refractivity contribution in [3.05, 3.63) is 30.0 Å². The molecule has 0 unspecified atom stereocenters. The Morgan fingerprint density at radius 3 is 2.80 bits per heavy atom. The Balaban J connectivity index is 2.95. The van der Waals surface area contributed by atoms with Gasteiger partial charge in [0, 0.05) is 18.0 Å². The fourth-order valence-electron chi connectivity index (χ4n) is 1.41. The topological polar surface area (TPSA) is 48.1 Å². The van der Waals surface area contributed by atoms with Gasteiger partial charge >= 0.3 is 0 Å². The van der Waals surface area contributed by atoms with Gasteiger partial charge in [-0.3, -0.25) is 4.98 Å². The number of hydrogen-bond donors (Lipinski definition) is 1. The number of aromatic nitrogens is 1. The predicted octanol–water partition coefficient (Wildman–Crippen LogP) is 2.10. The van der Waals surface area contributed by atoms with Crippen LogP contribution in [0, 0.1) is 11.6 Å². The van der Waals surface area contributed by atoms with E-state index < -0.39 is 11.6 Å². The first kappa shape index (κ1) is 9.64. The van der Waals surface area contributed by atoms with Crippen molar-refractivity contribution >= 4 is 16.6 Å². The highest BCUT2D eigenvalue weighted by Gasteiger charge is 2.15. The lowest BCUT2D eigenvalue weighted by atomic mass is 10.1. The zero-order valence-corrected chi connectivity index (χ0v) is 7.92. The molecule has 0 saturated carbocycles. The van der Waals surface area contributed by atoms with Crippen molar-refractivity contribution in [3.8, 4) is 5.75 Å². The lowest BCUT2D eigenvalue weighted by molar-refractivity contribution is 0.386. The third-order valence-corrected chi connectivity index (χ3v) is 2.12. The summed E-state index contributed by atoms with van der Waals surface area (Å²) in [7, 11) is 1.26. The average Bonchev–Trinajstić information content (AvgIpc) is 2.23. The second-order valence-electron chi connectivity index (χ2n) is 3.00. The van der Waals surface area contributed by atoms with Gasteiger partial charge in [0.1, 0.15) is 5.52 Å². The normalized spacial score (nSPS) is 10.6. The lowest BCUT2D eigenvalue weighted by Crippen LogP contribution is -1.97. The summed E-state index contributed by atoms with van der Waals surface area (Å²) in [6, 6.07) is 2.36. The Morgan fingerprint density at radius 1 is 1.40 bits per heavy atom. The largest absolute Gasteiger partial charge is 0.494 e. The van der Waals surface area contributed by atoms with Crippen LogP contribution in [-0.2, 0) is 0 Å². The number of methoxy groups -OCH3 is 1. The van der Waals surface area contributed by atoms with Gasteiger partial charge in [0.15, 0.2) is 17.4 Å². The molecule has 0 aliphatic heterocycles. The van der Waals surface area contributed by atoms with Crippen molar-refractivity contribution in [2.24, 2.45) is 0 Å². The molecule has 2 rings (SSSR count). The molecule has 0 aliphatic carbocycles. The molecule has 78 valence electrons. The maximum atomic E-state index is 13.7. The van der Waals surface area contributed by atoms with Crippen molar-refractivity contribution in [2.45, 2.75) is 0 Å². The van der Waals surface area contributed by atoms with Crippen LogP contribution in [0.25, 0.3) is 10.9 Å². The average molecular weight is 210 g/mol. The molecule has 3 nitrogen and oxygen atoms in total. The fraction of sp³-hybridized carbons (Fsp3) is 0.100. The van der Waals surface area contributed by atoms with Gasteiger partial charge in [0.05, 0.1) is 12.5 Å². The Morgan fingerprint density at radius 2 is 2.13 bits per heavy atom. The zero-order valence-electron chi connectivity index (χ0n) is 7.92. The molecule has 0 amide bonds. The number of fused-ring (bicyclic) bond motifs is 1. The van der Waals surface area contributed by atoms with Crippen molar-refractivity contribution in [1.82, 2.24) is 4.98 Å². The number of pyridine rings is 1. The minimum atomic E-state index is -0.695. The van der Waals surface area contributed by atoms with Gasteiger partial charge in [-0.2, -0.15) is 0 Å². The van der Waals surface area contributed by atoms with E-state index in [0.29, 0.717) is 0 Å². The number of nitrogens with zero attached hydrogens (tertiary/aromatic N) is 1. The van der Waals surface area contributed by atoms with Gasteiger partial charge in [-0.25, -0.2) is 8.78 Å². The molecule has 0 spiro atoms. The summed E-state index contributed by atoms with van der Waals surface area (Å²) in [5.74, 6) is -1.53. The van der Waals surface area contributed by atoms with E-state index in [4.69, 9.17) is 10.5 Å². The number of rotatable bonds is 1. The van der Waals surface area contributed by atoms with Crippen LogP contribution in [-0.4, -0.2) is 12.1 Å². The van der Waals surface area contributed by atoms with Crippen LogP contribution in [0.1, 0.15) is 0 Å². The highest BCUT2D eigenvalue weighted by atomic mass is 19.1. The number of ether oxygens (including phenoxy) is 1. The minimum absolute atomic E-state index is 0.0469. The fourth-order valence-corrected chi connectivity index (χ4v) is 1.41. The summed E-state index contributed by atoms with van der Waals surface area (Å²) >= 11 is 0. The van der Waals surface area contributed by atoms with Crippen molar-refractivity contribution in [1.29, 1.82) is 0 Å². The van der Waals surface area contributed by atoms with Gasteiger partial charge in [0.25, 0.3) is 0 Å². The lowest BCUT2D eigenvalue weighted by Gasteiger charge is -2.07. The highest BCUT2D eigenvalue weighted by Crippen LogP contribution is 2.30. The Kier molecular flexibility index (Phi) is 2.15. The van der Waals surface area contributed by atoms with Crippen LogP contribution >= 0.6 is 0 Å². The number of nitrogen functional groups attached to an aromatic ring is 1. The maximum Gasteiger partial charge on any atom is 0.176 e. The minimum Gasteiger partial charge on any atom is -0.494 e.